The van der Waals surface area contributed by atoms with Crippen LogP contribution in [0.15, 0.2) is 0 Å². The summed E-state index contributed by atoms with van der Waals surface area (Å²) >= 11 is 0. The number of rotatable bonds is 7. The van der Waals surface area contributed by atoms with Gasteiger partial charge in [0, 0.05) is 25.0 Å². The number of carboxylic acid groups (broad SMARTS) is 1. The van der Waals surface area contributed by atoms with Crippen molar-refractivity contribution in [2.24, 2.45) is 11.7 Å². The molecule has 0 aliphatic rings. The van der Waals surface area contributed by atoms with Gasteiger partial charge in [0.05, 0.1) is 6.42 Å². The van der Waals surface area contributed by atoms with Crippen LogP contribution in [-0.4, -0.2) is 41.0 Å². The lowest BCUT2D eigenvalue weighted by Crippen LogP contribution is -2.39. The van der Waals surface area contributed by atoms with Gasteiger partial charge < -0.3 is 10.8 Å². The van der Waals surface area contributed by atoms with Crippen LogP contribution in [0.3, 0.4) is 0 Å². The minimum atomic E-state index is -0.827. The zero-order valence-electron chi connectivity index (χ0n) is 9.56. The van der Waals surface area contributed by atoms with Gasteiger partial charge in [-0.05, 0) is 13.8 Å². The highest BCUT2D eigenvalue weighted by molar-refractivity contribution is 5.76. The first kappa shape index (κ1) is 13.9. The van der Waals surface area contributed by atoms with E-state index in [1.807, 2.05) is 18.7 Å². The topological polar surface area (TPSA) is 83.6 Å². The molecule has 1 atom stereocenters. The third-order valence-electron chi connectivity index (χ3n) is 2.34. The Hall–Kier alpha value is -1.10. The quantitative estimate of drug-likeness (QED) is 0.640. The lowest BCUT2D eigenvalue weighted by molar-refractivity contribution is -0.137. The summed E-state index contributed by atoms with van der Waals surface area (Å²) in [5.41, 5.74) is 5.16. The highest BCUT2D eigenvalue weighted by Gasteiger charge is 2.17. The molecule has 0 aromatic carbocycles. The second kappa shape index (κ2) is 6.40. The molecule has 0 rings (SSSR count). The molecule has 3 N–H and O–H groups in total. The first-order valence-corrected chi connectivity index (χ1v) is 5.09. The van der Waals surface area contributed by atoms with Crippen LogP contribution in [0.2, 0.25) is 0 Å². The van der Waals surface area contributed by atoms with Gasteiger partial charge in [0.2, 0.25) is 5.91 Å². The summed E-state index contributed by atoms with van der Waals surface area (Å²) in [7, 11) is 0. The van der Waals surface area contributed by atoms with Crippen LogP contribution in [0.5, 0.6) is 0 Å². The summed E-state index contributed by atoms with van der Waals surface area (Å²) in [6, 6.07) is 0.214. The fourth-order valence-electron chi connectivity index (χ4n) is 1.24. The largest absolute Gasteiger partial charge is 0.481 e. The number of nitrogens with two attached hydrogens (primary N) is 1. The molecule has 0 heterocycles. The smallest absolute Gasteiger partial charge is 0.304 e. The molecule has 0 aromatic heterocycles. The summed E-state index contributed by atoms with van der Waals surface area (Å²) < 4.78 is 0. The standard InChI is InChI=1S/C10H20N2O3/c1-7(2)12(5-4-9(13)14)6-8(3)10(11)15/h7-8H,4-6H2,1-3H3,(H2,11,15)(H,13,14). The van der Waals surface area contributed by atoms with Gasteiger partial charge in [0.15, 0.2) is 0 Å². The van der Waals surface area contributed by atoms with Gasteiger partial charge >= 0.3 is 5.97 Å². The summed E-state index contributed by atoms with van der Waals surface area (Å²) in [5, 5.41) is 8.57. The van der Waals surface area contributed by atoms with Crippen molar-refractivity contribution in [3.8, 4) is 0 Å². The molecule has 5 nitrogen and oxygen atoms in total. The van der Waals surface area contributed by atoms with E-state index in [4.69, 9.17) is 10.8 Å². The Morgan fingerprint density at radius 2 is 1.87 bits per heavy atom. The second-order valence-electron chi connectivity index (χ2n) is 4.04. The predicted molar refractivity (Wildman–Crippen MR) is 57.3 cm³/mol. The number of hydrogen-bond acceptors (Lipinski definition) is 3. The van der Waals surface area contributed by atoms with E-state index in [9.17, 15) is 9.59 Å². The monoisotopic (exact) mass is 216 g/mol. The maximum absolute atomic E-state index is 10.9. The van der Waals surface area contributed by atoms with E-state index in [2.05, 4.69) is 0 Å². The van der Waals surface area contributed by atoms with Gasteiger partial charge in [-0.1, -0.05) is 6.92 Å². The van der Waals surface area contributed by atoms with Crippen molar-refractivity contribution in [2.45, 2.75) is 33.2 Å². The number of carbonyl (C=O) groups is 2. The van der Waals surface area contributed by atoms with Crippen LogP contribution >= 0.6 is 0 Å². The van der Waals surface area contributed by atoms with Crippen molar-refractivity contribution >= 4 is 11.9 Å². The highest BCUT2D eigenvalue weighted by atomic mass is 16.4. The fraction of sp³-hybridized carbons (Fsp3) is 0.800. The molecule has 0 radical (unpaired) electrons. The number of hydrogen-bond donors (Lipinski definition) is 2. The Bertz CT molecular complexity index is 229. The van der Waals surface area contributed by atoms with Gasteiger partial charge in [-0.3, -0.25) is 14.5 Å². The average molecular weight is 216 g/mol. The Morgan fingerprint density at radius 1 is 1.33 bits per heavy atom. The van der Waals surface area contributed by atoms with E-state index in [1.165, 1.54) is 0 Å². The minimum absolute atomic E-state index is 0.0870. The molecule has 0 aliphatic carbocycles. The molecule has 0 saturated heterocycles. The number of primary amides is 1. The lowest BCUT2D eigenvalue weighted by Gasteiger charge is -2.27. The van der Waals surface area contributed by atoms with Gasteiger partial charge in [0.1, 0.15) is 0 Å². The van der Waals surface area contributed by atoms with E-state index in [0.717, 1.165) is 0 Å². The number of nitrogens with zero attached hydrogens (tertiary/aromatic N) is 1. The van der Waals surface area contributed by atoms with E-state index in [0.29, 0.717) is 13.1 Å². The van der Waals surface area contributed by atoms with Crippen molar-refractivity contribution in [2.75, 3.05) is 13.1 Å². The molecule has 0 spiro atoms. The maximum atomic E-state index is 10.9. The summed E-state index contributed by atoms with van der Waals surface area (Å²) in [4.78, 5) is 23.3. The molecule has 1 amide bonds. The zero-order valence-corrected chi connectivity index (χ0v) is 9.56. The van der Waals surface area contributed by atoms with Gasteiger partial charge in [0.25, 0.3) is 0 Å². The lowest BCUT2D eigenvalue weighted by atomic mass is 10.1. The summed E-state index contributed by atoms with van der Waals surface area (Å²) in [5.74, 6) is -1.43. The van der Waals surface area contributed by atoms with Crippen LogP contribution in [-0.2, 0) is 9.59 Å². The van der Waals surface area contributed by atoms with Gasteiger partial charge in [-0.2, -0.15) is 0 Å². The van der Waals surface area contributed by atoms with Crippen molar-refractivity contribution < 1.29 is 14.7 Å². The molecule has 0 fully saturated rings. The van der Waals surface area contributed by atoms with Crippen molar-refractivity contribution in [1.82, 2.24) is 4.90 Å². The van der Waals surface area contributed by atoms with Crippen LogP contribution in [0, 0.1) is 5.92 Å². The van der Waals surface area contributed by atoms with Crippen molar-refractivity contribution in [3.05, 3.63) is 0 Å². The Labute approximate surface area is 90.2 Å². The molecule has 15 heavy (non-hydrogen) atoms. The molecular formula is C10H20N2O3. The van der Waals surface area contributed by atoms with E-state index in [-0.39, 0.29) is 24.3 Å². The maximum Gasteiger partial charge on any atom is 0.304 e. The molecule has 5 heteroatoms. The van der Waals surface area contributed by atoms with Crippen LogP contribution in [0.1, 0.15) is 27.2 Å². The zero-order chi connectivity index (χ0) is 12.0. The van der Waals surface area contributed by atoms with Crippen molar-refractivity contribution in [3.63, 3.8) is 0 Å². The number of amides is 1. The predicted octanol–water partition coefficient (Wildman–Crippen LogP) is 0.293. The van der Waals surface area contributed by atoms with E-state index < -0.39 is 5.97 Å². The van der Waals surface area contributed by atoms with E-state index in [1.54, 1.807) is 6.92 Å². The molecule has 0 saturated carbocycles. The van der Waals surface area contributed by atoms with Crippen LogP contribution < -0.4 is 5.73 Å². The molecule has 88 valence electrons. The van der Waals surface area contributed by atoms with E-state index >= 15 is 0 Å². The molecule has 0 aliphatic heterocycles. The fourth-order valence-corrected chi connectivity index (χ4v) is 1.24. The SMILES string of the molecule is CC(CN(CCC(=O)O)C(C)C)C(N)=O. The Morgan fingerprint density at radius 3 is 2.20 bits per heavy atom. The third kappa shape index (κ3) is 6.06. The summed E-state index contributed by atoms with van der Waals surface area (Å²) in [6.07, 6.45) is 0.0870. The molecular weight excluding hydrogens is 196 g/mol. The van der Waals surface area contributed by atoms with Gasteiger partial charge in [-0.25, -0.2) is 0 Å². The Balaban J connectivity index is 4.15. The number of carbonyl (C=O) groups excluding carboxylic acids is 1. The second-order valence-corrected chi connectivity index (χ2v) is 4.04. The molecule has 1 unspecified atom stereocenters. The van der Waals surface area contributed by atoms with Crippen LogP contribution in [0.4, 0.5) is 0 Å². The minimum Gasteiger partial charge on any atom is -0.481 e. The normalized spacial score (nSPS) is 13.1. The first-order chi connectivity index (χ1) is 6.84. The van der Waals surface area contributed by atoms with Crippen molar-refractivity contribution in [1.29, 1.82) is 0 Å². The number of aliphatic carboxylic acids is 1. The molecule has 0 bridgehead atoms. The number of carboxylic acids is 1. The average Bonchev–Trinajstić information content (AvgIpc) is 2.10. The molecule has 0 aromatic rings. The Kier molecular flexibility index (Phi) is 5.93. The van der Waals surface area contributed by atoms with Gasteiger partial charge in [-0.15, -0.1) is 0 Å². The van der Waals surface area contributed by atoms with Crippen LogP contribution in [0.25, 0.3) is 0 Å². The third-order valence-corrected chi connectivity index (χ3v) is 2.34. The highest BCUT2D eigenvalue weighted by Crippen LogP contribution is 2.05. The first-order valence-electron chi connectivity index (χ1n) is 5.09. The summed E-state index contributed by atoms with van der Waals surface area (Å²) in [6.45, 7) is 6.65.